The zero-order valence-corrected chi connectivity index (χ0v) is 15.4. The molecule has 3 rings (SSSR count). The number of nitrogens with two attached hydrogens (primary N) is 1. The van der Waals surface area contributed by atoms with Gasteiger partial charge in [-0.1, -0.05) is 0 Å². The van der Waals surface area contributed by atoms with Crippen molar-refractivity contribution in [1.82, 2.24) is 0 Å². The van der Waals surface area contributed by atoms with Crippen LogP contribution in [0.5, 0.6) is 0 Å². The maximum absolute atomic E-state index is 13.0. The summed E-state index contributed by atoms with van der Waals surface area (Å²) in [6, 6.07) is 9.99. The van der Waals surface area contributed by atoms with Gasteiger partial charge in [-0.05, 0) is 54.8 Å². The minimum atomic E-state index is -1.14. The molecule has 7 nitrogen and oxygen atoms in total. The van der Waals surface area contributed by atoms with Gasteiger partial charge in [0.25, 0.3) is 11.8 Å². The molecule has 2 aromatic heterocycles. The van der Waals surface area contributed by atoms with Gasteiger partial charge in [-0.25, -0.2) is 9.18 Å². The van der Waals surface area contributed by atoms with Crippen molar-refractivity contribution in [2.24, 2.45) is 5.73 Å². The number of esters is 1. The average molecular weight is 402 g/mol. The highest BCUT2D eigenvalue weighted by atomic mass is 32.1. The first-order valence-electron chi connectivity index (χ1n) is 8.10. The fourth-order valence-corrected chi connectivity index (χ4v) is 3.10. The lowest BCUT2D eigenvalue weighted by atomic mass is 10.2. The molecule has 9 heteroatoms. The number of hydrogen-bond acceptors (Lipinski definition) is 6. The van der Waals surface area contributed by atoms with Gasteiger partial charge >= 0.3 is 5.97 Å². The monoisotopic (exact) mass is 402 g/mol. The number of carbonyl (C=O) groups is 3. The van der Waals surface area contributed by atoms with Crippen LogP contribution in [-0.2, 0) is 9.53 Å². The Labute approximate surface area is 162 Å². The Morgan fingerprint density at radius 2 is 1.86 bits per heavy atom. The first-order valence-corrected chi connectivity index (χ1v) is 8.98. The third-order valence-corrected chi connectivity index (χ3v) is 4.59. The second kappa shape index (κ2) is 8.05. The summed E-state index contributed by atoms with van der Waals surface area (Å²) in [5.41, 5.74) is 5.98. The second-order valence-corrected chi connectivity index (χ2v) is 6.65. The van der Waals surface area contributed by atoms with Gasteiger partial charge in [-0.3, -0.25) is 9.59 Å². The van der Waals surface area contributed by atoms with E-state index < -0.39 is 23.9 Å². The van der Waals surface area contributed by atoms with E-state index in [9.17, 15) is 18.8 Å². The van der Waals surface area contributed by atoms with Crippen LogP contribution < -0.4 is 11.1 Å². The van der Waals surface area contributed by atoms with Gasteiger partial charge in [-0.15, -0.1) is 11.3 Å². The van der Waals surface area contributed by atoms with Gasteiger partial charge in [0.15, 0.2) is 6.10 Å². The van der Waals surface area contributed by atoms with Crippen molar-refractivity contribution < 1.29 is 27.9 Å². The fraction of sp³-hybridized carbons (Fsp3) is 0.105. The molecule has 144 valence electrons. The van der Waals surface area contributed by atoms with E-state index in [2.05, 4.69) is 5.32 Å². The average Bonchev–Trinajstić information content (AvgIpc) is 3.31. The normalized spacial score (nSPS) is 11.6. The van der Waals surface area contributed by atoms with Crippen LogP contribution in [0.25, 0.3) is 11.3 Å². The molecular formula is C19H15FN2O5S. The topological polar surface area (TPSA) is 112 Å². The van der Waals surface area contributed by atoms with E-state index in [0.717, 1.165) is 11.3 Å². The Morgan fingerprint density at radius 3 is 2.54 bits per heavy atom. The Bertz CT molecular complexity index is 1030. The second-order valence-electron chi connectivity index (χ2n) is 5.74. The number of amides is 2. The molecule has 2 amide bonds. The molecule has 0 aliphatic heterocycles. The van der Waals surface area contributed by atoms with Crippen molar-refractivity contribution in [3.63, 3.8) is 0 Å². The molecule has 3 N–H and O–H groups in total. The van der Waals surface area contributed by atoms with Crippen molar-refractivity contribution >= 4 is 34.1 Å². The van der Waals surface area contributed by atoms with E-state index in [0.29, 0.717) is 11.3 Å². The maximum atomic E-state index is 13.0. The molecule has 2 heterocycles. The molecule has 1 atom stereocenters. The van der Waals surface area contributed by atoms with Crippen molar-refractivity contribution in [3.8, 4) is 11.3 Å². The van der Waals surface area contributed by atoms with Crippen LogP contribution in [0.15, 0.2) is 52.3 Å². The number of hydrogen-bond donors (Lipinski definition) is 2. The van der Waals surface area contributed by atoms with Crippen LogP contribution in [-0.4, -0.2) is 23.9 Å². The molecule has 3 aromatic rings. The number of ether oxygens (including phenoxy) is 1. The highest BCUT2D eigenvalue weighted by Gasteiger charge is 2.23. The third-order valence-electron chi connectivity index (χ3n) is 3.76. The van der Waals surface area contributed by atoms with Crippen LogP contribution in [0.4, 0.5) is 9.39 Å². The van der Waals surface area contributed by atoms with Gasteiger partial charge in [0, 0.05) is 5.56 Å². The van der Waals surface area contributed by atoms with Crippen LogP contribution in [0.2, 0.25) is 0 Å². The summed E-state index contributed by atoms with van der Waals surface area (Å²) in [5.74, 6) is -2.27. The molecule has 0 radical (unpaired) electrons. The van der Waals surface area contributed by atoms with E-state index in [4.69, 9.17) is 14.9 Å². The Kier molecular flexibility index (Phi) is 5.55. The van der Waals surface area contributed by atoms with Crippen molar-refractivity contribution in [3.05, 3.63) is 65.0 Å². The Morgan fingerprint density at radius 1 is 1.14 bits per heavy atom. The highest BCUT2D eigenvalue weighted by Crippen LogP contribution is 2.24. The predicted molar refractivity (Wildman–Crippen MR) is 100 cm³/mol. The summed E-state index contributed by atoms with van der Waals surface area (Å²) < 4.78 is 23.5. The molecule has 0 saturated heterocycles. The molecule has 0 fully saturated rings. The van der Waals surface area contributed by atoms with E-state index in [1.54, 1.807) is 11.4 Å². The zero-order chi connectivity index (χ0) is 20.3. The first-order chi connectivity index (χ1) is 13.3. The largest absolute Gasteiger partial charge is 0.449 e. The standard InChI is InChI=1S/C19H15FN2O5S/c1-10(17(24)22-18-13(16(21)23)8-9-28-18)26-19(25)15-7-6-14(27-15)11-2-4-12(20)5-3-11/h2-10H,1H3,(H2,21,23)(H,22,24). The van der Waals surface area contributed by atoms with Crippen molar-refractivity contribution in [2.75, 3.05) is 5.32 Å². The van der Waals surface area contributed by atoms with Crippen molar-refractivity contribution in [2.45, 2.75) is 13.0 Å². The van der Waals surface area contributed by atoms with Gasteiger partial charge in [0.1, 0.15) is 16.6 Å². The van der Waals surface area contributed by atoms with Crippen LogP contribution in [0.1, 0.15) is 27.8 Å². The number of benzene rings is 1. The van der Waals surface area contributed by atoms with E-state index >= 15 is 0 Å². The quantitative estimate of drug-likeness (QED) is 0.614. The molecular weight excluding hydrogens is 387 g/mol. The number of anilines is 1. The molecule has 0 saturated carbocycles. The molecule has 1 aromatic carbocycles. The number of thiophene rings is 1. The van der Waals surface area contributed by atoms with E-state index in [1.807, 2.05) is 0 Å². The molecule has 0 aliphatic rings. The van der Waals surface area contributed by atoms with Gasteiger partial charge < -0.3 is 20.2 Å². The number of carbonyl (C=O) groups excluding carboxylic acids is 3. The number of halogens is 1. The van der Waals surface area contributed by atoms with Crippen molar-refractivity contribution in [1.29, 1.82) is 0 Å². The smallest absolute Gasteiger partial charge is 0.375 e. The summed E-state index contributed by atoms with van der Waals surface area (Å²) in [5, 5.41) is 4.38. The lowest BCUT2D eigenvalue weighted by Gasteiger charge is -2.12. The molecule has 1 unspecified atom stereocenters. The lowest BCUT2D eigenvalue weighted by molar-refractivity contribution is -0.123. The fourth-order valence-electron chi connectivity index (χ4n) is 2.30. The maximum Gasteiger partial charge on any atom is 0.375 e. The third kappa shape index (κ3) is 4.26. The summed E-state index contributed by atoms with van der Waals surface area (Å²) >= 11 is 1.12. The Hall–Kier alpha value is -3.46. The van der Waals surface area contributed by atoms with Crippen LogP contribution in [0, 0.1) is 5.82 Å². The number of primary amides is 1. The van der Waals surface area contributed by atoms with Gasteiger partial charge in [0.05, 0.1) is 5.56 Å². The summed E-state index contributed by atoms with van der Waals surface area (Å²) in [7, 11) is 0. The molecule has 0 spiro atoms. The summed E-state index contributed by atoms with van der Waals surface area (Å²) in [4.78, 5) is 35.7. The minimum absolute atomic E-state index is 0.104. The summed E-state index contributed by atoms with van der Waals surface area (Å²) in [6.45, 7) is 1.38. The van der Waals surface area contributed by atoms with Gasteiger partial charge in [-0.2, -0.15) is 0 Å². The first kappa shape index (κ1) is 19.3. The zero-order valence-electron chi connectivity index (χ0n) is 14.6. The van der Waals surface area contributed by atoms with Crippen LogP contribution >= 0.6 is 11.3 Å². The minimum Gasteiger partial charge on any atom is -0.449 e. The predicted octanol–water partition coefficient (Wildman–Crippen LogP) is 3.43. The van der Waals surface area contributed by atoms with Crippen LogP contribution in [0.3, 0.4) is 0 Å². The highest BCUT2D eigenvalue weighted by molar-refractivity contribution is 7.14. The molecule has 0 bridgehead atoms. The number of furan rings is 1. The Balaban J connectivity index is 1.64. The molecule has 0 aliphatic carbocycles. The summed E-state index contributed by atoms with van der Waals surface area (Å²) in [6.07, 6.45) is -1.14. The van der Waals surface area contributed by atoms with E-state index in [-0.39, 0.29) is 22.1 Å². The van der Waals surface area contributed by atoms with E-state index in [1.165, 1.54) is 43.3 Å². The molecule has 28 heavy (non-hydrogen) atoms. The van der Waals surface area contributed by atoms with Gasteiger partial charge in [0.2, 0.25) is 5.76 Å². The number of rotatable bonds is 6. The SMILES string of the molecule is CC(OC(=O)c1ccc(-c2ccc(F)cc2)o1)C(=O)Nc1sccc1C(N)=O. The number of nitrogens with one attached hydrogen (secondary N) is 1. The lowest BCUT2D eigenvalue weighted by Crippen LogP contribution is -2.30.